The summed E-state index contributed by atoms with van der Waals surface area (Å²) in [6.45, 7) is 1.96. The Bertz CT molecular complexity index is 646. The van der Waals surface area contributed by atoms with Crippen molar-refractivity contribution in [2.24, 2.45) is 0 Å². The molecule has 0 aliphatic heterocycles. The van der Waals surface area contributed by atoms with Crippen LogP contribution in [0.4, 0.5) is 4.39 Å². The zero-order valence-corrected chi connectivity index (χ0v) is 14.8. The van der Waals surface area contributed by atoms with Crippen molar-refractivity contribution in [1.82, 2.24) is 0 Å². The monoisotopic (exact) mass is 420 g/mol. The van der Waals surface area contributed by atoms with E-state index >= 15 is 0 Å². The van der Waals surface area contributed by atoms with Crippen LogP contribution in [-0.4, -0.2) is 7.11 Å². The van der Waals surface area contributed by atoms with Gasteiger partial charge in [0.25, 0.3) is 0 Å². The lowest BCUT2D eigenvalue weighted by Gasteiger charge is -2.17. The van der Waals surface area contributed by atoms with E-state index in [4.69, 9.17) is 16.3 Å². The van der Waals surface area contributed by atoms with Crippen LogP contribution in [0.2, 0.25) is 0 Å². The summed E-state index contributed by atoms with van der Waals surface area (Å²) < 4.78 is 21.0. The molecule has 2 aromatic carbocycles. The number of halogens is 4. The Balaban J connectivity index is 2.52. The molecule has 0 heterocycles. The first-order valence-corrected chi connectivity index (χ1v) is 7.89. The molecular weight excluding hydrogens is 410 g/mol. The molecule has 5 heteroatoms. The molecule has 1 nitrogen and oxygen atoms in total. The third-order valence-corrected chi connectivity index (χ3v) is 4.84. The molecule has 0 aliphatic carbocycles. The fourth-order valence-corrected chi connectivity index (χ4v) is 2.96. The normalized spacial score (nSPS) is 12.3. The molecule has 0 saturated carbocycles. The summed E-state index contributed by atoms with van der Waals surface area (Å²) in [4.78, 5) is 0. The zero-order chi connectivity index (χ0) is 14.9. The molecule has 0 saturated heterocycles. The van der Waals surface area contributed by atoms with Crippen molar-refractivity contribution in [1.29, 1.82) is 0 Å². The average molecular weight is 423 g/mol. The summed E-state index contributed by atoms with van der Waals surface area (Å²) in [5.74, 6) is 0.297. The zero-order valence-electron chi connectivity index (χ0n) is 10.9. The van der Waals surface area contributed by atoms with Crippen LogP contribution in [-0.2, 0) is 0 Å². The van der Waals surface area contributed by atoms with E-state index in [1.54, 1.807) is 19.2 Å². The molecule has 0 spiro atoms. The van der Waals surface area contributed by atoms with Gasteiger partial charge < -0.3 is 4.74 Å². The Morgan fingerprint density at radius 2 is 1.85 bits per heavy atom. The molecule has 0 fully saturated rings. The number of hydrogen-bond donors (Lipinski definition) is 0. The molecular formula is C15H12Br2ClFO. The quantitative estimate of drug-likeness (QED) is 0.552. The maximum atomic E-state index is 14.0. The van der Waals surface area contributed by atoms with Gasteiger partial charge in [-0.2, -0.15) is 0 Å². The smallest absolute Gasteiger partial charge is 0.129 e. The molecule has 20 heavy (non-hydrogen) atoms. The minimum absolute atomic E-state index is 0.349. The molecule has 1 atom stereocenters. The minimum atomic E-state index is -0.616. The molecule has 2 aromatic rings. The topological polar surface area (TPSA) is 9.23 Å². The summed E-state index contributed by atoms with van der Waals surface area (Å²) in [5.41, 5.74) is 2.18. The van der Waals surface area contributed by atoms with Crippen LogP contribution in [0.15, 0.2) is 39.3 Å². The van der Waals surface area contributed by atoms with Crippen LogP contribution in [0.1, 0.15) is 22.1 Å². The van der Waals surface area contributed by atoms with Crippen molar-refractivity contribution >= 4 is 43.5 Å². The third kappa shape index (κ3) is 3.18. The van der Waals surface area contributed by atoms with Gasteiger partial charge in [-0.15, -0.1) is 11.6 Å². The van der Waals surface area contributed by atoms with E-state index in [2.05, 4.69) is 31.9 Å². The van der Waals surface area contributed by atoms with Gasteiger partial charge >= 0.3 is 0 Å². The Morgan fingerprint density at radius 3 is 2.45 bits per heavy atom. The van der Waals surface area contributed by atoms with E-state index in [0.717, 1.165) is 15.6 Å². The van der Waals surface area contributed by atoms with Crippen LogP contribution in [0.5, 0.6) is 5.75 Å². The van der Waals surface area contributed by atoms with E-state index in [0.29, 0.717) is 15.8 Å². The second-order valence-electron chi connectivity index (χ2n) is 4.37. The molecule has 0 amide bonds. The lowest BCUT2D eigenvalue weighted by atomic mass is 10.0. The van der Waals surface area contributed by atoms with Crippen LogP contribution in [0, 0.1) is 12.7 Å². The van der Waals surface area contributed by atoms with Crippen LogP contribution in [0.25, 0.3) is 0 Å². The van der Waals surface area contributed by atoms with Crippen LogP contribution < -0.4 is 4.74 Å². The van der Waals surface area contributed by atoms with Crippen molar-refractivity contribution in [3.63, 3.8) is 0 Å². The number of methoxy groups -OCH3 is 1. The number of alkyl halides is 1. The van der Waals surface area contributed by atoms with Crippen molar-refractivity contribution < 1.29 is 9.13 Å². The number of aryl methyl sites for hydroxylation is 1. The average Bonchev–Trinajstić information content (AvgIpc) is 2.40. The molecule has 106 valence electrons. The Morgan fingerprint density at radius 1 is 1.15 bits per heavy atom. The van der Waals surface area contributed by atoms with Crippen molar-refractivity contribution in [2.45, 2.75) is 12.3 Å². The van der Waals surface area contributed by atoms with Crippen LogP contribution in [0.3, 0.4) is 0 Å². The number of hydrogen-bond acceptors (Lipinski definition) is 1. The predicted molar refractivity (Wildman–Crippen MR) is 87.2 cm³/mol. The molecule has 0 N–H and O–H groups in total. The Kier molecular flexibility index (Phi) is 5.10. The summed E-state index contributed by atoms with van der Waals surface area (Å²) >= 11 is 13.1. The number of benzene rings is 2. The van der Waals surface area contributed by atoms with Gasteiger partial charge in [0, 0.05) is 20.1 Å². The minimum Gasteiger partial charge on any atom is -0.496 e. The van der Waals surface area contributed by atoms with Gasteiger partial charge in [0.2, 0.25) is 0 Å². The van der Waals surface area contributed by atoms with Crippen LogP contribution >= 0.6 is 43.5 Å². The predicted octanol–water partition coefficient (Wildman–Crippen LogP) is 6.00. The highest BCUT2D eigenvalue weighted by Gasteiger charge is 2.20. The standard InChI is InChI=1S/C15H12Br2ClFO/c1-8-5-14(20-2)11(7-12(8)17)15(18)10-4-3-9(16)6-13(10)19/h3-7,15H,1-2H3. The Hall–Kier alpha value is -0.580. The molecule has 0 radical (unpaired) electrons. The van der Waals surface area contributed by atoms with E-state index in [-0.39, 0.29) is 5.82 Å². The second-order valence-corrected chi connectivity index (χ2v) is 6.58. The molecule has 1 unspecified atom stereocenters. The maximum Gasteiger partial charge on any atom is 0.129 e. The first kappa shape index (κ1) is 15.8. The molecule has 2 rings (SSSR count). The summed E-state index contributed by atoms with van der Waals surface area (Å²) in [6, 6.07) is 8.59. The highest BCUT2D eigenvalue weighted by atomic mass is 79.9. The SMILES string of the molecule is COc1cc(C)c(Br)cc1C(Cl)c1ccc(Br)cc1F. The lowest BCUT2D eigenvalue weighted by Crippen LogP contribution is -2.01. The fourth-order valence-electron chi connectivity index (χ4n) is 1.92. The summed E-state index contributed by atoms with van der Waals surface area (Å²) in [5, 5.41) is -0.616. The van der Waals surface area contributed by atoms with Gasteiger partial charge in [-0.25, -0.2) is 4.39 Å². The fraction of sp³-hybridized carbons (Fsp3) is 0.200. The van der Waals surface area contributed by atoms with Gasteiger partial charge in [0.15, 0.2) is 0 Å². The van der Waals surface area contributed by atoms with E-state index < -0.39 is 5.38 Å². The lowest BCUT2D eigenvalue weighted by molar-refractivity contribution is 0.409. The molecule has 0 aliphatic rings. The van der Waals surface area contributed by atoms with E-state index in [1.165, 1.54) is 6.07 Å². The molecule has 0 bridgehead atoms. The third-order valence-electron chi connectivity index (χ3n) is 3.02. The van der Waals surface area contributed by atoms with E-state index in [9.17, 15) is 4.39 Å². The highest BCUT2D eigenvalue weighted by Crippen LogP contribution is 2.39. The van der Waals surface area contributed by atoms with Crippen molar-refractivity contribution in [2.75, 3.05) is 7.11 Å². The van der Waals surface area contributed by atoms with Crippen molar-refractivity contribution in [3.8, 4) is 5.75 Å². The van der Waals surface area contributed by atoms with Crippen molar-refractivity contribution in [3.05, 3.63) is 61.8 Å². The maximum absolute atomic E-state index is 14.0. The van der Waals surface area contributed by atoms with Gasteiger partial charge in [-0.05, 0) is 36.8 Å². The highest BCUT2D eigenvalue weighted by molar-refractivity contribution is 9.10. The number of rotatable bonds is 3. The van der Waals surface area contributed by atoms with Gasteiger partial charge in [-0.3, -0.25) is 0 Å². The van der Waals surface area contributed by atoms with Gasteiger partial charge in [0.1, 0.15) is 11.6 Å². The van der Waals surface area contributed by atoms with Gasteiger partial charge in [-0.1, -0.05) is 37.9 Å². The Labute approximate surface area is 139 Å². The first-order valence-electron chi connectivity index (χ1n) is 5.87. The second kappa shape index (κ2) is 6.46. The summed E-state index contributed by atoms with van der Waals surface area (Å²) in [7, 11) is 1.58. The van der Waals surface area contributed by atoms with E-state index in [1.807, 2.05) is 19.1 Å². The van der Waals surface area contributed by atoms with Gasteiger partial charge in [0.05, 0.1) is 12.5 Å². The molecule has 0 aromatic heterocycles. The number of ether oxygens (including phenoxy) is 1. The summed E-state index contributed by atoms with van der Waals surface area (Å²) in [6.07, 6.45) is 0. The first-order chi connectivity index (χ1) is 9.43. The largest absolute Gasteiger partial charge is 0.496 e.